The van der Waals surface area contributed by atoms with E-state index in [4.69, 9.17) is 17.3 Å². The van der Waals surface area contributed by atoms with Crippen molar-refractivity contribution in [2.45, 2.75) is 18.4 Å². The van der Waals surface area contributed by atoms with E-state index in [2.05, 4.69) is 11.6 Å². The minimum Gasteiger partial charge on any atom is -0.385 e. The molecule has 4 nitrogen and oxygen atoms in total. The van der Waals surface area contributed by atoms with Crippen molar-refractivity contribution in [3.05, 3.63) is 47.0 Å². The summed E-state index contributed by atoms with van der Waals surface area (Å²) in [5.74, 6) is 0.375. The van der Waals surface area contributed by atoms with Gasteiger partial charge in [-0.2, -0.15) is 4.99 Å². The van der Waals surface area contributed by atoms with Gasteiger partial charge in [-0.1, -0.05) is 23.7 Å². The van der Waals surface area contributed by atoms with Crippen LogP contribution in [-0.2, 0) is 12.0 Å². The molecular weight excluding hydrogens is 262 g/mol. The fourth-order valence-electron chi connectivity index (χ4n) is 3.09. The Morgan fingerprint density at radius 3 is 3.11 bits per heavy atom. The van der Waals surface area contributed by atoms with Crippen molar-refractivity contribution in [2.75, 3.05) is 6.54 Å². The second-order valence-electron chi connectivity index (χ2n) is 4.84. The number of hydrogen-bond donors (Lipinski definition) is 1. The van der Waals surface area contributed by atoms with Crippen LogP contribution in [0.3, 0.4) is 0 Å². The predicted molar refractivity (Wildman–Crippen MR) is 75.4 cm³/mol. The zero-order valence-electron chi connectivity index (χ0n) is 10.4. The van der Waals surface area contributed by atoms with E-state index in [-0.39, 0.29) is 6.03 Å². The van der Waals surface area contributed by atoms with Crippen LogP contribution in [0.2, 0.25) is 5.02 Å². The van der Waals surface area contributed by atoms with Gasteiger partial charge in [0.1, 0.15) is 11.4 Å². The summed E-state index contributed by atoms with van der Waals surface area (Å²) in [7, 11) is 0. The van der Waals surface area contributed by atoms with E-state index in [1.54, 1.807) is 11.0 Å². The lowest BCUT2D eigenvalue weighted by Gasteiger charge is -2.34. The number of nitrogens with two attached hydrogens (primary N) is 1. The van der Waals surface area contributed by atoms with Crippen LogP contribution in [0.4, 0.5) is 4.79 Å². The summed E-state index contributed by atoms with van der Waals surface area (Å²) in [6.45, 7) is 4.14. The van der Waals surface area contributed by atoms with Gasteiger partial charge in [0.15, 0.2) is 0 Å². The van der Waals surface area contributed by atoms with E-state index < -0.39 is 5.54 Å². The Morgan fingerprint density at radius 1 is 1.58 bits per heavy atom. The van der Waals surface area contributed by atoms with Crippen molar-refractivity contribution < 1.29 is 4.79 Å². The number of halogens is 1. The Kier molecular flexibility index (Phi) is 2.64. The lowest BCUT2D eigenvalue weighted by atomic mass is 9.89. The number of urea groups is 1. The third-order valence-electron chi connectivity index (χ3n) is 3.91. The minimum absolute atomic E-state index is 0.291. The third kappa shape index (κ3) is 1.53. The molecule has 0 bridgehead atoms. The van der Waals surface area contributed by atoms with Gasteiger partial charge in [0.05, 0.1) is 0 Å². The molecule has 0 saturated heterocycles. The second kappa shape index (κ2) is 4.10. The molecule has 0 radical (unpaired) electrons. The van der Waals surface area contributed by atoms with Crippen molar-refractivity contribution in [3.63, 3.8) is 0 Å². The molecule has 2 N–H and O–H groups in total. The quantitative estimate of drug-likeness (QED) is 0.843. The zero-order valence-corrected chi connectivity index (χ0v) is 11.2. The summed E-state index contributed by atoms with van der Waals surface area (Å²) >= 11 is 6.02. The molecule has 1 aliphatic heterocycles. The number of benzene rings is 1. The average Bonchev–Trinajstić information content (AvgIpc) is 2.85. The Labute approximate surface area is 116 Å². The summed E-state index contributed by atoms with van der Waals surface area (Å²) in [5.41, 5.74) is 7.62. The average molecular weight is 276 g/mol. The molecule has 1 aromatic rings. The molecule has 0 fully saturated rings. The van der Waals surface area contributed by atoms with Crippen LogP contribution in [0.1, 0.15) is 17.5 Å². The highest BCUT2D eigenvalue weighted by molar-refractivity contribution is 6.30. The number of hydrogen-bond acceptors (Lipinski definition) is 2. The number of carbonyl (C=O) groups excluding carboxylic acids is 1. The van der Waals surface area contributed by atoms with E-state index in [1.807, 2.05) is 18.2 Å². The molecule has 1 atom stereocenters. The maximum atomic E-state index is 12.0. The summed E-state index contributed by atoms with van der Waals surface area (Å²) < 4.78 is 0. The van der Waals surface area contributed by atoms with Crippen LogP contribution in [0.15, 0.2) is 35.8 Å². The molecule has 0 saturated carbocycles. The number of aryl methyl sites for hydroxylation is 1. The Bertz CT molecular complexity index is 611. The SMILES string of the molecule is C=CCN1C(=O)N=C(N)C12CCc1cc(Cl)ccc12. The molecule has 1 heterocycles. The van der Waals surface area contributed by atoms with Crippen molar-refractivity contribution in [2.24, 2.45) is 10.7 Å². The third-order valence-corrected chi connectivity index (χ3v) is 4.15. The number of amides is 2. The molecule has 5 heteroatoms. The molecule has 0 aromatic heterocycles. The largest absolute Gasteiger partial charge is 0.385 e. The molecule has 1 spiro atoms. The van der Waals surface area contributed by atoms with Crippen LogP contribution >= 0.6 is 11.6 Å². The smallest absolute Gasteiger partial charge is 0.346 e. The number of rotatable bonds is 2. The molecular formula is C14H14ClN3O. The number of amidine groups is 1. The second-order valence-corrected chi connectivity index (χ2v) is 5.28. The lowest BCUT2D eigenvalue weighted by molar-refractivity contribution is 0.180. The highest BCUT2D eigenvalue weighted by Gasteiger charge is 2.52. The van der Waals surface area contributed by atoms with E-state index in [0.29, 0.717) is 17.4 Å². The fraction of sp³-hybridized carbons (Fsp3) is 0.286. The normalized spacial score (nSPS) is 24.8. The molecule has 2 aliphatic rings. The molecule has 3 rings (SSSR count). The van der Waals surface area contributed by atoms with Gasteiger partial charge in [-0.3, -0.25) is 0 Å². The maximum Gasteiger partial charge on any atom is 0.346 e. The van der Waals surface area contributed by atoms with Gasteiger partial charge in [0.25, 0.3) is 0 Å². The summed E-state index contributed by atoms with van der Waals surface area (Å²) in [6.07, 6.45) is 3.28. The standard InChI is InChI=1S/C14H14ClN3O/c1-2-7-18-13(19)17-12(16)14(18)6-5-9-8-10(15)3-4-11(9)14/h2-4,8H,1,5-7H2,(H2,16,17,19). The first-order valence-corrected chi connectivity index (χ1v) is 6.53. The number of fused-ring (bicyclic) bond motifs is 2. The van der Waals surface area contributed by atoms with E-state index in [9.17, 15) is 4.79 Å². The summed E-state index contributed by atoms with van der Waals surface area (Å²) in [4.78, 5) is 17.6. The van der Waals surface area contributed by atoms with E-state index in [1.165, 1.54) is 0 Å². The predicted octanol–water partition coefficient (Wildman–Crippen LogP) is 2.46. The molecule has 98 valence electrons. The molecule has 1 unspecified atom stereocenters. The van der Waals surface area contributed by atoms with Crippen LogP contribution in [0, 0.1) is 0 Å². The molecule has 2 amide bonds. The number of nitrogens with zero attached hydrogens (tertiary/aromatic N) is 2. The molecule has 1 aliphatic carbocycles. The Morgan fingerprint density at radius 2 is 2.37 bits per heavy atom. The monoisotopic (exact) mass is 275 g/mol. The fourth-order valence-corrected chi connectivity index (χ4v) is 3.28. The number of aliphatic imine (C=N–C) groups is 1. The summed E-state index contributed by atoms with van der Waals surface area (Å²) in [5, 5.41) is 0.700. The summed E-state index contributed by atoms with van der Waals surface area (Å²) in [6, 6.07) is 5.42. The lowest BCUT2D eigenvalue weighted by Crippen LogP contribution is -2.50. The Balaban J connectivity index is 2.17. The molecule has 1 aromatic carbocycles. The van der Waals surface area contributed by atoms with Crippen LogP contribution < -0.4 is 5.73 Å². The van der Waals surface area contributed by atoms with Crippen molar-refractivity contribution in [3.8, 4) is 0 Å². The highest BCUT2D eigenvalue weighted by Crippen LogP contribution is 2.45. The van der Waals surface area contributed by atoms with Crippen molar-refractivity contribution in [1.29, 1.82) is 0 Å². The van der Waals surface area contributed by atoms with Gasteiger partial charge in [-0.25, -0.2) is 4.79 Å². The highest BCUT2D eigenvalue weighted by atomic mass is 35.5. The van der Waals surface area contributed by atoms with Crippen LogP contribution in [0.5, 0.6) is 0 Å². The van der Waals surface area contributed by atoms with Gasteiger partial charge in [0.2, 0.25) is 0 Å². The van der Waals surface area contributed by atoms with Crippen LogP contribution in [-0.4, -0.2) is 23.3 Å². The van der Waals surface area contributed by atoms with Gasteiger partial charge in [-0.15, -0.1) is 6.58 Å². The van der Waals surface area contributed by atoms with Gasteiger partial charge >= 0.3 is 6.03 Å². The number of carbonyl (C=O) groups is 1. The van der Waals surface area contributed by atoms with Crippen LogP contribution in [0.25, 0.3) is 0 Å². The van der Waals surface area contributed by atoms with Crippen molar-refractivity contribution in [1.82, 2.24) is 4.90 Å². The zero-order chi connectivity index (χ0) is 13.6. The van der Waals surface area contributed by atoms with E-state index >= 15 is 0 Å². The first-order chi connectivity index (χ1) is 9.09. The minimum atomic E-state index is -0.606. The topological polar surface area (TPSA) is 58.7 Å². The van der Waals surface area contributed by atoms with E-state index in [0.717, 1.165) is 24.0 Å². The van der Waals surface area contributed by atoms with Gasteiger partial charge < -0.3 is 10.6 Å². The maximum absolute atomic E-state index is 12.0. The van der Waals surface area contributed by atoms with Crippen molar-refractivity contribution >= 4 is 23.5 Å². The first-order valence-electron chi connectivity index (χ1n) is 6.15. The molecule has 19 heavy (non-hydrogen) atoms. The van der Waals surface area contributed by atoms with Gasteiger partial charge in [-0.05, 0) is 36.1 Å². The van der Waals surface area contributed by atoms with Gasteiger partial charge in [0, 0.05) is 11.6 Å². The first kappa shape index (κ1) is 12.2. The Hall–Kier alpha value is -1.81.